The van der Waals surface area contributed by atoms with E-state index in [2.05, 4.69) is 20.9 Å². The SMILES string of the molecule is CCn1c(-c2cc(F)c(F)cc2N)nc2cc(Br)ccc21. The predicted molar refractivity (Wildman–Crippen MR) is 82.9 cm³/mol. The molecule has 2 N–H and O–H groups in total. The molecular weight excluding hydrogens is 340 g/mol. The molecule has 0 spiro atoms. The van der Waals surface area contributed by atoms with Crippen molar-refractivity contribution >= 4 is 32.7 Å². The molecule has 0 aliphatic carbocycles. The quantitative estimate of drug-likeness (QED) is 0.697. The topological polar surface area (TPSA) is 43.8 Å². The Labute approximate surface area is 128 Å². The summed E-state index contributed by atoms with van der Waals surface area (Å²) in [6, 6.07) is 7.79. The molecule has 0 saturated carbocycles. The lowest BCUT2D eigenvalue weighted by Gasteiger charge is -2.09. The number of benzene rings is 2. The third-order valence-electron chi connectivity index (χ3n) is 3.36. The monoisotopic (exact) mass is 351 g/mol. The molecule has 0 aliphatic heterocycles. The first kappa shape index (κ1) is 14.0. The van der Waals surface area contributed by atoms with Crippen molar-refractivity contribution in [2.75, 3.05) is 5.73 Å². The second-order valence-corrected chi connectivity index (χ2v) is 5.58. The van der Waals surface area contributed by atoms with Gasteiger partial charge in [0.2, 0.25) is 0 Å². The minimum absolute atomic E-state index is 0.165. The lowest BCUT2D eigenvalue weighted by molar-refractivity contribution is 0.509. The van der Waals surface area contributed by atoms with Gasteiger partial charge in [-0.2, -0.15) is 0 Å². The summed E-state index contributed by atoms with van der Waals surface area (Å²) in [5.41, 5.74) is 8.07. The summed E-state index contributed by atoms with van der Waals surface area (Å²) >= 11 is 3.40. The van der Waals surface area contributed by atoms with Gasteiger partial charge in [0, 0.05) is 28.3 Å². The van der Waals surface area contributed by atoms with E-state index in [-0.39, 0.29) is 5.69 Å². The Morgan fingerprint density at radius 1 is 1.19 bits per heavy atom. The van der Waals surface area contributed by atoms with E-state index in [9.17, 15) is 8.78 Å². The fourth-order valence-corrected chi connectivity index (χ4v) is 2.73. The van der Waals surface area contributed by atoms with Crippen molar-refractivity contribution in [1.29, 1.82) is 0 Å². The fraction of sp³-hybridized carbons (Fsp3) is 0.133. The van der Waals surface area contributed by atoms with Gasteiger partial charge in [0.05, 0.1) is 11.0 Å². The number of rotatable bonds is 2. The summed E-state index contributed by atoms with van der Waals surface area (Å²) in [7, 11) is 0. The van der Waals surface area contributed by atoms with Crippen molar-refractivity contribution in [3.63, 3.8) is 0 Å². The average molecular weight is 352 g/mol. The van der Waals surface area contributed by atoms with Crippen LogP contribution in [-0.2, 0) is 6.54 Å². The molecule has 0 aliphatic rings. The van der Waals surface area contributed by atoms with Gasteiger partial charge >= 0.3 is 0 Å². The van der Waals surface area contributed by atoms with E-state index in [1.165, 1.54) is 0 Å². The van der Waals surface area contributed by atoms with Gasteiger partial charge in [0.15, 0.2) is 11.6 Å². The van der Waals surface area contributed by atoms with Crippen LogP contribution in [0.25, 0.3) is 22.4 Å². The molecule has 3 nitrogen and oxygen atoms in total. The Morgan fingerprint density at radius 2 is 1.90 bits per heavy atom. The number of aryl methyl sites for hydroxylation is 1. The molecule has 1 aromatic heterocycles. The summed E-state index contributed by atoms with van der Waals surface area (Å²) in [5, 5.41) is 0. The molecule has 3 rings (SSSR count). The van der Waals surface area contributed by atoms with Crippen molar-refractivity contribution in [2.24, 2.45) is 0 Å². The number of hydrogen-bond donors (Lipinski definition) is 1. The Bertz CT molecular complexity index is 843. The van der Waals surface area contributed by atoms with Crippen LogP contribution in [0.5, 0.6) is 0 Å². The molecule has 0 unspecified atom stereocenters. The Hall–Kier alpha value is -1.95. The number of fused-ring (bicyclic) bond motifs is 1. The smallest absolute Gasteiger partial charge is 0.160 e. The molecule has 0 saturated heterocycles. The lowest BCUT2D eigenvalue weighted by Crippen LogP contribution is -2.01. The summed E-state index contributed by atoms with van der Waals surface area (Å²) < 4.78 is 29.6. The van der Waals surface area contributed by atoms with Gasteiger partial charge in [0.1, 0.15) is 5.82 Å². The average Bonchev–Trinajstić information content (AvgIpc) is 2.80. The van der Waals surface area contributed by atoms with Crippen molar-refractivity contribution in [3.8, 4) is 11.4 Å². The largest absolute Gasteiger partial charge is 0.398 e. The van der Waals surface area contributed by atoms with E-state index >= 15 is 0 Å². The highest BCUT2D eigenvalue weighted by Gasteiger charge is 2.16. The highest BCUT2D eigenvalue weighted by molar-refractivity contribution is 9.10. The molecule has 0 bridgehead atoms. The maximum atomic E-state index is 13.5. The molecule has 21 heavy (non-hydrogen) atoms. The number of nitrogen functional groups attached to an aromatic ring is 1. The number of hydrogen-bond acceptors (Lipinski definition) is 2. The normalized spacial score (nSPS) is 11.2. The maximum Gasteiger partial charge on any atom is 0.160 e. The third-order valence-corrected chi connectivity index (χ3v) is 3.85. The van der Waals surface area contributed by atoms with Gasteiger partial charge in [-0.05, 0) is 31.2 Å². The van der Waals surface area contributed by atoms with Crippen molar-refractivity contribution < 1.29 is 8.78 Å². The van der Waals surface area contributed by atoms with Gasteiger partial charge in [-0.25, -0.2) is 13.8 Å². The van der Waals surface area contributed by atoms with Crippen LogP contribution in [0.4, 0.5) is 14.5 Å². The minimum atomic E-state index is -0.960. The highest BCUT2D eigenvalue weighted by Crippen LogP contribution is 2.31. The summed E-state index contributed by atoms with van der Waals surface area (Å²) in [6.45, 7) is 2.61. The molecule has 2 aromatic carbocycles. The molecule has 1 heterocycles. The summed E-state index contributed by atoms with van der Waals surface area (Å²) in [4.78, 5) is 4.51. The van der Waals surface area contributed by atoms with Gasteiger partial charge in [-0.3, -0.25) is 0 Å². The van der Waals surface area contributed by atoms with Crippen molar-refractivity contribution in [3.05, 3.63) is 46.4 Å². The molecule has 6 heteroatoms. The van der Waals surface area contributed by atoms with Crippen molar-refractivity contribution in [1.82, 2.24) is 9.55 Å². The number of nitrogens with two attached hydrogens (primary N) is 1. The fourth-order valence-electron chi connectivity index (χ4n) is 2.38. The van der Waals surface area contributed by atoms with Crippen molar-refractivity contribution in [2.45, 2.75) is 13.5 Å². The number of halogens is 3. The number of nitrogens with zero attached hydrogens (tertiary/aromatic N) is 2. The first-order valence-electron chi connectivity index (χ1n) is 6.42. The van der Waals surface area contributed by atoms with Crippen LogP contribution in [0, 0.1) is 11.6 Å². The van der Waals surface area contributed by atoms with Gasteiger partial charge in [-0.15, -0.1) is 0 Å². The zero-order valence-electron chi connectivity index (χ0n) is 11.2. The van der Waals surface area contributed by atoms with Crippen LogP contribution in [0.1, 0.15) is 6.92 Å². The molecule has 0 atom stereocenters. The predicted octanol–water partition coefficient (Wildman–Crippen LogP) is 4.35. The summed E-state index contributed by atoms with van der Waals surface area (Å²) in [6.07, 6.45) is 0. The van der Waals surface area contributed by atoms with E-state index in [1.54, 1.807) is 0 Å². The minimum Gasteiger partial charge on any atom is -0.398 e. The standard InChI is InChI=1S/C15H12BrF2N3/c1-2-21-14-4-3-8(16)5-13(14)20-15(21)9-6-10(17)11(18)7-12(9)19/h3-7H,2,19H2,1H3. The van der Waals surface area contributed by atoms with Crippen LogP contribution in [0.2, 0.25) is 0 Å². The molecule has 0 amide bonds. The lowest BCUT2D eigenvalue weighted by atomic mass is 10.1. The van der Waals surface area contributed by atoms with Gasteiger partial charge < -0.3 is 10.3 Å². The molecule has 0 fully saturated rings. The number of aromatic nitrogens is 2. The van der Waals surface area contributed by atoms with Gasteiger partial charge in [-0.1, -0.05) is 15.9 Å². The Kier molecular flexibility index (Phi) is 3.41. The highest BCUT2D eigenvalue weighted by atomic mass is 79.9. The molecule has 3 aromatic rings. The van der Waals surface area contributed by atoms with Gasteiger partial charge in [0.25, 0.3) is 0 Å². The summed E-state index contributed by atoms with van der Waals surface area (Å²) in [5.74, 6) is -1.37. The Balaban J connectivity index is 2.32. The zero-order valence-corrected chi connectivity index (χ0v) is 12.8. The zero-order chi connectivity index (χ0) is 15.1. The second kappa shape index (κ2) is 5.11. The second-order valence-electron chi connectivity index (χ2n) is 4.67. The van der Waals surface area contributed by atoms with Crippen LogP contribution in [-0.4, -0.2) is 9.55 Å². The van der Waals surface area contributed by atoms with E-state index in [0.717, 1.165) is 27.6 Å². The van der Waals surface area contributed by atoms with Crippen LogP contribution in [0.3, 0.4) is 0 Å². The first-order valence-corrected chi connectivity index (χ1v) is 7.21. The van der Waals surface area contributed by atoms with Crippen LogP contribution < -0.4 is 5.73 Å². The maximum absolute atomic E-state index is 13.5. The Morgan fingerprint density at radius 3 is 2.62 bits per heavy atom. The molecule has 108 valence electrons. The number of anilines is 1. The number of imidazole rings is 1. The molecule has 0 radical (unpaired) electrons. The first-order chi connectivity index (χ1) is 10.0. The van der Waals surface area contributed by atoms with E-state index in [4.69, 9.17) is 5.73 Å². The van der Waals surface area contributed by atoms with E-state index in [1.807, 2.05) is 29.7 Å². The van der Waals surface area contributed by atoms with E-state index in [0.29, 0.717) is 17.9 Å². The third kappa shape index (κ3) is 2.29. The molecular formula is C15H12BrF2N3. The van der Waals surface area contributed by atoms with Crippen LogP contribution in [0.15, 0.2) is 34.8 Å². The van der Waals surface area contributed by atoms with Crippen LogP contribution >= 0.6 is 15.9 Å². The van der Waals surface area contributed by atoms with E-state index < -0.39 is 11.6 Å².